The number of alkyl halides is 1. The molecule has 7 heavy (non-hydrogen) atoms. The van der Waals surface area contributed by atoms with Crippen LogP contribution in [0.25, 0.3) is 0 Å². The third-order valence-electron chi connectivity index (χ3n) is 1.25. The monoisotopic (exact) mass is 163 g/mol. The van der Waals surface area contributed by atoms with E-state index >= 15 is 0 Å². The Balaban J connectivity index is 2.12. The van der Waals surface area contributed by atoms with Gasteiger partial charge in [0.25, 0.3) is 0 Å². The molecule has 0 aromatic carbocycles. The molecule has 42 valence electrons. The Bertz CT molecular complexity index is 50.0. The van der Waals surface area contributed by atoms with E-state index in [4.69, 9.17) is 0 Å². The molecule has 1 rings (SSSR count). The normalized spacial score (nSPS) is 33.0. The Morgan fingerprint density at radius 2 is 2.29 bits per heavy atom. The predicted molar refractivity (Wildman–Crippen MR) is 34.6 cm³/mol. The minimum atomic E-state index is 0.598. The first-order chi connectivity index (χ1) is 3.39. The average Bonchev–Trinajstić information content (AvgIpc) is 1.69. The molecule has 0 unspecified atom stereocenters. The van der Waals surface area contributed by atoms with Crippen LogP contribution in [0, 0.1) is 0 Å². The van der Waals surface area contributed by atoms with Gasteiger partial charge in [-0.3, -0.25) is 0 Å². The van der Waals surface area contributed by atoms with Crippen LogP contribution in [-0.4, -0.2) is 11.5 Å². The van der Waals surface area contributed by atoms with Crippen LogP contribution in [0.2, 0.25) is 0 Å². The highest BCUT2D eigenvalue weighted by Crippen LogP contribution is 2.10. The Morgan fingerprint density at radius 1 is 1.43 bits per heavy atom. The van der Waals surface area contributed by atoms with Crippen LogP contribution < -0.4 is 5.32 Å². The molecule has 0 aromatic rings. The maximum Gasteiger partial charge on any atom is 0.0630 e. The molecule has 1 saturated heterocycles. The predicted octanol–water partition coefficient (Wildman–Crippen LogP) is 1.48. The molecule has 0 amide bonds. The van der Waals surface area contributed by atoms with Crippen LogP contribution in [0.4, 0.5) is 0 Å². The van der Waals surface area contributed by atoms with E-state index in [1.807, 2.05) is 0 Å². The summed E-state index contributed by atoms with van der Waals surface area (Å²) < 4.78 is 0. The molecule has 1 fully saturated rings. The van der Waals surface area contributed by atoms with Crippen molar-refractivity contribution in [3.63, 3.8) is 0 Å². The smallest absolute Gasteiger partial charge is 0.0630 e. The Morgan fingerprint density at radius 3 is 2.57 bits per heavy atom. The lowest BCUT2D eigenvalue weighted by Crippen LogP contribution is -2.28. The maximum atomic E-state index is 3.48. The molecule has 0 radical (unpaired) electrons. The lowest BCUT2D eigenvalue weighted by molar-refractivity contribution is 0.498. The van der Waals surface area contributed by atoms with Gasteiger partial charge in [-0.1, -0.05) is 15.9 Å². The molecule has 1 atom stereocenters. The Kier molecular flexibility index (Phi) is 2.13. The lowest BCUT2D eigenvalue weighted by atomic mass is 10.2. The summed E-state index contributed by atoms with van der Waals surface area (Å²) in [5.74, 6) is 0. The number of nitrogens with one attached hydrogen (secondary N) is 1. The van der Waals surface area contributed by atoms with E-state index in [2.05, 4.69) is 21.2 Å². The van der Waals surface area contributed by atoms with Gasteiger partial charge < -0.3 is 5.32 Å². The summed E-state index contributed by atoms with van der Waals surface area (Å²) in [6.07, 6.45) is 4.02. The van der Waals surface area contributed by atoms with Crippen molar-refractivity contribution >= 4 is 15.9 Å². The van der Waals surface area contributed by atoms with Crippen molar-refractivity contribution in [3.8, 4) is 0 Å². The van der Waals surface area contributed by atoms with Crippen LogP contribution in [0.5, 0.6) is 0 Å². The van der Waals surface area contributed by atoms with Crippen LogP contribution in [0.1, 0.15) is 19.3 Å². The summed E-state index contributed by atoms with van der Waals surface area (Å²) in [6.45, 7) is 1.19. The number of hydrogen-bond acceptors (Lipinski definition) is 1. The van der Waals surface area contributed by atoms with E-state index in [9.17, 15) is 0 Å². The maximum absolute atomic E-state index is 3.48. The fraction of sp³-hybridized carbons (Fsp3) is 1.00. The number of hydrogen-bond donors (Lipinski definition) is 1. The van der Waals surface area contributed by atoms with Gasteiger partial charge in [-0.2, -0.15) is 0 Å². The highest BCUT2D eigenvalue weighted by atomic mass is 79.9. The van der Waals surface area contributed by atoms with Crippen molar-refractivity contribution < 1.29 is 0 Å². The molecule has 1 nitrogen and oxygen atoms in total. The summed E-state index contributed by atoms with van der Waals surface area (Å²) in [7, 11) is 0. The highest BCUT2D eigenvalue weighted by Gasteiger charge is 2.06. The van der Waals surface area contributed by atoms with Gasteiger partial charge in [0.15, 0.2) is 0 Å². The molecule has 0 aromatic heterocycles. The van der Waals surface area contributed by atoms with Crippen molar-refractivity contribution in [3.05, 3.63) is 0 Å². The van der Waals surface area contributed by atoms with E-state index in [0.29, 0.717) is 4.95 Å². The molecule has 0 spiro atoms. The Labute approximate surface area is 52.6 Å². The molecule has 1 N–H and O–H groups in total. The van der Waals surface area contributed by atoms with Crippen molar-refractivity contribution in [2.75, 3.05) is 6.54 Å². The summed E-state index contributed by atoms with van der Waals surface area (Å²) in [6, 6.07) is 0. The second-order valence-corrected chi connectivity index (χ2v) is 3.02. The third kappa shape index (κ3) is 1.78. The van der Waals surface area contributed by atoms with Crippen molar-refractivity contribution in [2.45, 2.75) is 24.2 Å². The van der Waals surface area contributed by atoms with Crippen LogP contribution in [-0.2, 0) is 0 Å². The molecule has 0 aliphatic carbocycles. The molecule has 1 aliphatic heterocycles. The largest absolute Gasteiger partial charge is 0.305 e. The number of piperidine rings is 1. The quantitative estimate of drug-likeness (QED) is 0.422. The second kappa shape index (κ2) is 2.68. The lowest BCUT2D eigenvalue weighted by Gasteiger charge is -2.16. The minimum Gasteiger partial charge on any atom is -0.305 e. The zero-order valence-corrected chi connectivity index (χ0v) is 5.87. The molecule has 0 saturated carbocycles. The molecular formula is C5H10BrN. The highest BCUT2D eigenvalue weighted by molar-refractivity contribution is 9.09. The van der Waals surface area contributed by atoms with Gasteiger partial charge in [0, 0.05) is 0 Å². The minimum absolute atomic E-state index is 0.598. The van der Waals surface area contributed by atoms with E-state index in [1.165, 1.54) is 25.8 Å². The van der Waals surface area contributed by atoms with Gasteiger partial charge in [0.2, 0.25) is 0 Å². The standard InChI is InChI=1S/C5H10BrN/c6-5-3-1-2-4-7-5/h5,7H,1-4H2/t5-/m1/s1. The van der Waals surface area contributed by atoms with E-state index in [-0.39, 0.29) is 0 Å². The molecule has 0 bridgehead atoms. The SMILES string of the molecule is Br[C@H]1CCCCN1. The fourth-order valence-corrected chi connectivity index (χ4v) is 1.36. The first kappa shape index (κ1) is 5.57. The average molecular weight is 164 g/mol. The number of halogens is 1. The van der Waals surface area contributed by atoms with Crippen molar-refractivity contribution in [1.82, 2.24) is 5.32 Å². The van der Waals surface area contributed by atoms with Crippen LogP contribution in [0.15, 0.2) is 0 Å². The van der Waals surface area contributed by atoms with E-state index in [1.54, 1.807) is 0 Å². The molecular weight excluding hydrogens is 154 g/mol. The zero-order chi connectivity index (χ0) is 5.11. The summed E-state index contributed by atoms with van der Waals surface area (Å²) in [4.78, 5) is 0.598. The topological polar surface area (TPSA) is 12.0 Å². The van der Waals surface area contributed by atoms with Crippen molar-refractivity contribution in [2.24, 2.45) is 0 Å². The third-order valence-corrected chi connectivity index (χ3v) is 2.03. The summed E-state index contributed by atoms with van der Waals surface area (Å²) >= 11 is 3.48. The van der Waals surface area contributed by atoms with Gasteiger partial charge in [-0.25, -0.2) is 0 Å². The molecule has 1 aliphatic rings. The summed E-state index contributed by atoms with van der Waals surface area (Å²) in [5, 5.41) is 3.30. The number of rotatable bonds is 0. The first-order valence-electron chi connectivity index (χ1n) is 2.77. The van der Waals surface area contributed by atoms with Gasteiger partial charge in [0.05, 0.1) is 4.95 Å². The van der Waals surface area contributed by atoms with Crippen LogP contribution in [0.3, 0.4) is 0 Å². The Hall–Kier alpha value is 0.440. The fourth-order valence-electron chi connectivity index (χ4n) is 0.809. The van der Waals surface area contributed by atoms with Gasteiger partial charge in [-0.05, 0) is 25.8 Å². The summed E-state index contributed by atoms with van der Waals surface area (Å²) in [5.41, 5.74) is 0. The first-order valence-corrected chi connectivity index (χ1v) is 3.68. The van der Waals surface area contributed by atoms with E-state index < -0.39 is 0 Å². The molecule has 1 heterocycles. The zero-order valence-electron chi connectivity index (χ0n) is 4.28. The second-order valence-electron chi connectivity index (χ2n) is 1.92. The van der Waals surface area contributed by atoms with Gasteiger partial charge >= 0.3 is 0 Å². The van der Waals surface area contributed by atoms with Gasteiger partial charge in [0.1, 0.15) is 0 Å². The van der Waals surface area contributed by atoms with Crippen LogP contribution >= 0.6 is 15.9 Å². The van der Waals surface area contributed by atoms with Gasteiger partial charge in [-0.15, -0.1) is 0 Å². The molecule has 2 heteroatoms. The van der Waals surface area contributed by atoms with Crippen molar-refractivity contribution in [1.29, 1.82) is 0 Å². The van der Waals surface area contributed by atoms with E-state index in [0.717, 1.165) is 0 Å².